The largest absolute Gasteiger partial charge is 0.469 e. The molecule has 4 nitrogen and oxygen atoms in total. The second kappa shape index (κ2) is 4.94. The molecule has 2 fully saturated rings. The Morgan fingerprint density at radius 2 is 2.35 bits per heavy atom. The summed E-state index contributed by atoms with van der Waals surface area (Å²) in [6.45, 7) is 4.00. The van der Waals surface area contributed by atoms with Crippen LogP contribution in [0.4, 0.5) is 0 Å². The van der Waals surface area contributed by atoms with Gasteiger partial charge in [-0.05, 0) is 38.6 Å². The van der Waals surface area contributed by atoms with E-state index >= 15 is 0 Å². The number of fused-ring (bicyclic) bond motifs is 1. The van der Waals surface area contributed by atoms with E-state index < -0.39 is 5.60 Å². The topological polar surface area (TPSA) is 49.8 Å². The highest BCUT2D eigenvalue weighted by Crippen LogP contribution is 2.39. The highest BCUT2D eigenvalue weighted by atomic mass is 16.5. The summed E-state index contributed by atoms with van der Waals surface area (Å²) < 4.78 is 4.82. The van der Waals surface area contributed by atoms with Crippen molar-refractivity contribution in [3.8, 4) is 0 Å². The lowest BCUT2D eigenvalue weighted by atomic mass is 9.75. The van der Waals surface area contributed by atoms with E-state index in [1.807, 2.05) is 6.92 Å². The molecule has 2 saturated heterocycles. The maximum atomic E-state index is 11.7. The zero-order valence-electron chi connectivity index (χ0n) is 10.8. The lowest BCUT2D eigenvalue weighted by molar-refractivity contribution is -0.161. The first kappa shape index (κ1) is 12.8. The van der Waals surface area contributed by atoms with Crippen LogP contribution in [-0.4, -0.2) is 47.8 Å². The molecular weight excluding hydrogens is 218 g/mol. The van der Waals surface area contributed by atoms with Gasteiger partial charge in [-0.1, -0.05) is 6.92 Å². The van der Waals surface area contributed by atoms with Crippen molar-refractivity contribution in [2.24, 2.45) is 5.92 Å². The van der Waals surface area contributed by atoms with Gasteiger partial charge in [-0.3, -0.25) is 4.79 Å². The van der Waals surface area contributed by atoms with Gasteiger partial charge in [0.1, 0.15) is 0 Å². The Morgan fingerprint density at radius 1 is 1.59 bits per heavy atom. The van der Waals surface area contributed by atoms with E-state index in [0.29, 0.717) is 18.9 Å². The van der Waals surface area contributed by atoms with Gasteiger partial charge in [0.05, 0.1) is 18.6 Å². The summed E-state index contributed by atoms with van der Waals surface area (Å²) in [5, 5.41) is 10.8. The molecule has 2 aliphatic heterocycles. The van der Waals surface area contributed by atoms with Crippen LogP contribution in [0.25, 0.3) is 0 Å². The van der Waals surface area contributed by atoms with Gasteiger partial charge >= 0.3 is 5.97 Å². The van der Waals surface area contributed by atoms with Crippen LogP contribution in [0.2, 0.25) is 0 Å². The molecule has 0 amide bonds. The summed E-state index contributed by atoms with van der Waals surface area (Å²) in [7, 11) is 1.40. The molecule has 0 aromatic rings. The van der Waals surface area contributed by atoms with Crippen molar-refractivity contribution in [3.63, 3.8) is 0 Å². The first-order chi connectivity index (χ1) is 8.10. The summed E-state index contributed by atoms with van der Waals surface area (Å²) >= 11 is 0. The van der Waals surface area contributed by atoms with Crippen LogP contribution in [0.15, 0.2) is 0 Å². The molecular formula is C13H23NO3. The van der Waals surface area contributed by atoms with Crippen LogP contribution >= 0.6 is 0 Å². The summed E-state index contributed by atoms with van der Waals surface area (Å²) in [5.41, 5.74) is -0.854. The fourth-order valence-electron chi connectivity index (χ4n) is 3.49. The van der Waals surface area contributed by atoms with Gasteiger partial charge < -0.3 is 14.7 Å². The predicted octanol–water partition coefficient (Wildman–Crippen LogP) is 1.17. The zero-order chi connectivity index (χ0) is 12.5. The van der Waals surface area contributed by atoms with Crippen LogP contribution in [-0.2, 0) is 9.53 Å². The standard InChI is InChI=1S/C13H23NO3/c1-3-11(12(15)17-2)13(16)6-8-14-7-4-5-10(14)9-13/h10-11,16H,3-9H2,1-2H3. The fourth-order valence-corrected chi connectivity index (χ4v) is 3.49. The third-order valence-corrected chi connectivity index (χ3v) is 4.46. The average Bonchev–Trinajstić information content (AvgIpc) is 2.76. The number of hydrogen-bond acceptors (Lipinski definition) is 4. The predicted molar refractivity (Wildman–Crippen MR) is 64.6 cm³/mol. The Bertz CT molecular complexity index is 294. The lowest BCUT2D eigenvalue weighted by Crippen LogP contribution is -2.53. The maximum Gasteiger partial charge on any atom is 0.311 e. The molecule has 2 heterocycles. The zero-order valence-corrected chi connectivity index (χ0v) is 10.8. The number of methoxy groups -OCH3 is 1. The first-order valence-corrected chi connectivity index (χ1v) is 6.65. The van der Waals surface area contributed by atoms with E-state index in [9.17, 15) is 9.90 Å². The summed E-state index contributed by atoms with van der Waals surface area (Å²) in [6, 6.07) is 0.465. The average molecular weight is 241 g/mol. The van der Waals surface area contributed by atoms with Crippen LogP contribution < -0.4 is 0 Å². The molecule has 3 atom stereocenters. The quantitative estimate of drug-likeness (QED) is 0.754. The molecule has 17 heavy (non-hydrogen) atoms. The second-order valence-electron chi connectivity index (χ2n) is 5.37. The Kier molecular flexibility index (Phi) is 3.73. The number of hydrogen-bond donors (Lipinski definition) is 1. The van der Waals surface area contributed by atoms with E-state index in [1.54, 1.807) is 0 Å². The molecule has 0 aromatic carbocycles. The van der Waals surface area contributed by atoms with Crippen molar-refractivity contribution in [1.29, 1.82) is 0 Å². The summed E-state index contributed by atoms with van der Waals surface area (Å²) in [6.07, 6.45) is 4.43. The molecule has 4 heteroatoms. The number of carbonyl (C=O) groups excluding carboxylic acids is 1. The number of aliphatic hydroxyl groups is 1. The van der Waals surface area contributed by atoms with Gasteiger partial charge in [0.15, 0.2) is 0 Å². The monoisotopic (exact) mass is 241 g/mol. The number of piperidine rings is 1. The van der Waals surface area contributed by atoms with Crippen molar-refractivity contribution < 1.29 is 14.6 Å². The molecule has 98 valence electrons. The lowest BCUT2D eigenvalue weighted by Gasteiger charge is -2.43. The molecule has 0 bridgehead atoms. The molecule has 2 aliphatic rings. The van der Waals surface area contributed by atoms with Crippen molar-refractivity contribution in [2.75, 3.05) is 20.2 Å². The number of carbonyl (C=O) groups is 1. The highest BCUT2D eigenvalue weighted by Gasteiger charge is 2.47. The number of ether oxygens (including phenoxy) is 1. The normalized spacial score (nSPS) is 35.4. The summed E-state index contributed by atoms with van der Waals surface area (Å²) in [4.78, 5) is 14.2. The van der Waals surface area contributed by atoms with Gasteiger partial charge in [0.2, 0.25) is 0 Å². The van der Waals surface area contributed by atoms with E-state index in [-0.39, 0.29) is 11.9 Å². The van der Waals surface area contributed by atoms with E-state index in [2.05, 4.69) is 4.90 Å². The van der Waals surface area contributed by atoms with Gasteiger partial charge in [0.25, 0.3) is 0 Å². The van der Waals surface area contributed by atoms with Crippen molar-refractivity contribution in [2.45, 2.75) is 50.7 Å². The highest BCUT2D eigenvalue weighted by molar-refractivity contribution is 5.73. The van der Waals surface area contributed by atoms with Gasteiger partial charge in [-0.25, -0.2) is 0 Å². The number of esters is 1. The Labute approximate surface area is 103 Å². The van der Waals surface area contributed by atoms with Gasteiger partial charge in [-0.2, -0.15) is 0 Å². The SMILES string of the molecule is CCC(C(=O)OC)C1(O)CCN2CCCC2C1. The van der Waals surface area contributed by atoms with Crippen LogP contribution in [0.1, 0.15) is 39.0 Å². The molecule has 0 spiro atoms. The third-order valence-electron chi connectivity index (χ3n) is 4.46. The maximum absolute atomic E-state index is 11.7. The second-order valence-corrected chi connectivity index (χ2v) is 5.37. The Hall–Kier alpha value is -0.610. The fraction of sp³-hybridized carbons (Fsp3) is 0.923. The van der Waals surface area contributed by atoms with Crippen LogP contribution in [0.3, 0.4) is 0 Å². The molecule has 0 aromatic heterocycles. The molecule has 0 radical (unpaired) electrons. The Morgan fingerprint density at radius 3 is 3.00 bits per heavy atom. The van der Waals surface area contributed by atoms with Crippen molar-refractivity contribution in [1.82, 2.24) is 4.90 Å². The van der Waals surface area contributed by atoms with E-state index in [0.717, 1.165) is 25.9 Å². The minimum absolute atomic E-state index is 0.263. The molecule has 0 aliphatic carbocycles. The van der Waals surface area contributed by atoms with Crippen molar-refractivity contribution >= 4 is 5.97 Å². The van der Waals surface area contributed by atoms with Gasteiger partial charge in [0, 0.05) is 12.6 Å². The minimum atomic E-state index is -0.854. The molecule has 0 saturated carbocycles. The molecule has 3 unspecified atom stereocenters. The van der Waals surface area contributed by atoms with E-state index in [4.69, 9.17) is 4.74 Å². The van der Waals surface area contributed by atoms with E-state index in [1.165, 1.54) is 13.5 Å². The number of rotatable bonds is 3. The van der Waals surface area contributed by atoms with Crippen molar-refractivity contribution in [3.05, 3.63) is 0 Å². The smallest absolute Gasteiger partial charge is 0.311 e. The molecule has 2 rings (SSSR count). The molecule has 1 N–H and O–H groups in total. The van der Waals surface area contributed by atoms with Crippen LogP contribution in [0, 0.1) is 5.92 Å². The summed E-state index contributed by atoms with van der Waals surface area (Å²) in [5.74, 6) is -0.628. The minimum Gasteiger partial charge on any atom is -0.469 e. The Balaban J connectivity index is 2.09. The third kappa shape index (κ3) is 2.33. The van der Waals surface area contributed by atoms with Crippen LogP contribution in [0.5, 0.6) is 0 Å². The number of nitrogens with zero attached hydrogens (tertiary/aromatic N) is 1. The first-order valence-electron chi connectivity index (χ1n) is 6.65. The van der Waals surface area contributed by atoms with Gasteiger partial charge in [-0.15, -0.1) is 0 Å².